The van der Waals surface area contributed by atoms with Gasteiger partial charge in [0.15, 0.2) is 0 Å². The molecule has 0 atom stereocenters. The van der Waals surface area contributed by atoms with Gasteiger partial charge in [-0.25, -0.2) is 0 Å². The van der Waals surface area contributed by atoms with Gasteiger partial charge in [-0.1, -0.05) is 79.7 Å². The van der Waals surface area contributed by atoms with Crippen molar-refractivity contribution >= 4 is 23.2 Å². The Kier molecular flexibility index (Phi) is 8.07. The van der Waals surface area contributed by atoms with E-state index in [1.807, 2.05) is 36.4 Å². The summed E-state index contributed by atoms with van der Waals surface area (Å²) in [5.74, 6) is 1.45. The number of methoxy groups -OCH3 is 2. The first-order valence-electron chi connectivity index (χ1n) is 10.4. The summed E-state index contributed by atoms with van der Waals surface area (Å²) in [5, 5.41) is 1.38. The van der Waals surface area contributed by atoms with Crippen LogP contribution < -0.4 is 9.47 Å². The second-order valence-electron chi connectivity index (χ2n) is 7.36. The Balaban J connectivity index is 1.99. The van der Waals surface area contributed by atoms with Gasteiger partial charge in [-0.3, -0.25) is 0 Å². The van der Waals surface area contributed by atoms with Crippen molar-refractivity contribution in [1.82, 2.24) is 0 Å². The Morgan fingerprint density at radius 3 is 1.87 bits per heavy atom. The fourth-order valence-corrected chi connectivity index (χ4v) is 4.23. The van der Waals surface area contributed by atoms with Crippen LogP contribution in [0.5, 0.6) is 11.5 Å². The molecule has 0 radical (unpaired) electrons. The van der Waals surface area contributed by atoms with Crippen LogP contribution in [-0.4, -0.2) is 14.2 Å². The maximum Gasteiger partial charge on any atom is 0.127 e. The topological polar surface area (TPSA) is 18.5 Å². The van der Waals surface area contributed by atoms with E-state index in [1.54, 1.807) is 14.2 Å². The third-order valence-corrected chi connectivity index (χ3v) is 5.97. The van der Waals surface area contributed by atoms with E-state index in [4.69, 9.17) is 32.7 Å². The Morgan fingerprint density at radius 1 is 0.667 bits per heavy atom. The number of halogens is 2. The second-order valence-corrected chi connectivity index (χ2v) is 8.17. The van der Waals surface area contributed by atoms with Crippen molar-refractivity contribution in [2.45, 2.75) is 39.0 Å². The first-order valence-corrected chi connectivity index (χ1v) is 11.1. The third-order valence-electron chi connectivity index (χ3n) is 5.33. The van der Waals surface area contributed by atoms with Gasteiger partial charge in [-0.2, -0.15) is 0 Å². The lowest BCUT2D eigenvalue weighted by atomic mass is 9.96. The molecule has 3 aromatic rings. The summed E-state index contributed by atoms with van der Waals surface area (Å²) in [4.78, 5) is 0. The number of ether oxygens (including phenoxy) is 2. The quantitative estimate of drug-likeness (QED) is 0.309. The number of hydrogen-bond acceptors (Lipinski definition) is 2. The van der Waals surface area contributed by atoms with Crippen LogP contribution in [0.2, 0.25) is 10.0 Å². The van der Waals surface area contributed by atoms with Crippen molar-refractivity contribution in [1.29, 1.82) is 0 Å². The molecule has 4 heteroatoms. The molecule has 0 unspecified atom stereocenters. The molecule has 0 heterocycles. The van der Waals surface area contributed by atoms with Crippen molar-refractivity contribution in [2.75, 3.05) is 14.2 Å². The summed E-state index contributed by atoms with van der Waals surface area (Å²) in [6.45, 7) is 2.23. The van der Waals surface area contributed by atoms with E-state index in [0.29, 0.717) is 10.0 Å². The molecule has 0 bridgehead atoms. The smallest absolute Gasteiger partial charge is 0.127 e. The lowest BCUT2D eigenvalue weighted by Crippen LogP contribution is -1.95. The highest BCUT2D eigenvalue weighted by atomic mass is 35.5. The lowest BCUT2D eigenvalue weighted by molar-refractivity contribution is 0.406. The van der Waals surface area contributed by atoms with Crippen LogP contribution >= 0.6 is 23.2 Å². The molecule has 3 rings (SSSR count). The first kappa shape index (κ1) is 22.5. The molecule has 0 aromatic heterocycles. The largest absolute Gasteiger partial charge is 0.496 e. The molecular weight excluding hydrogens is 415 g/mol. The average Bonchev–Trinajstić information content (AvgIpc) is 2.76. The number of hydrogen-bond donors (Lipinski definition) is 0. The zero-order valence-corrected chi connectivity index (χ0v) is 19.3. The van der Waals surface area contributed by atoms with Gasteiger partial charge in [0.1, 0.15) is 11.5 Å². The number of unbranched alkanes of at least 4 members (excludes halogenated alkanes) is 3. The molecule has 0 fully saturated rings. The van der Waals surface area contributed by atoms with E-state index in [-0.39, 0.29) is 0 Å². The predicted molar refractivity (Wildman–Crippen MR) is 128 cm³/mol. The second kappa shape index (κ2) is 10.7. The van der Waals surface area contributed by atoms with E-state index in [2.05, 4.69) is 25.1 Å². The van der Waals surface area contributed by atoms with Crippen LogP contribution in [0.3, 0.4) is 0 Å². The molecule has 0 amide bonds. The van der Waals surface area contributed by atoms with Crippen LogP contribution in [0.15, 0.2) is 54.6 Å². The van der Waals surface area contributed by atoms with Gasteiger partial charge in [0.2, 0.25) is 0 Å². The molecule has 30 heavy (non-hydrogen) atoms. The maximum absolute atomic E-state index is 6.69. The fourth-order valence-electron chi connectivity index (χ4n) is 3.69. The molecule has 0 aliphatic heterocycles. The summed E-state index contributed by atoms with van der Waals surface area (Å²) in [6.07, 6.45) is 6.01. The SMILES string of the molecule is CCCCCCc1ccc(-c2cc(OC)c(-c3ccccc3Cl)cc2OC)c(Cl)c1. The standard InChI is InChI=1S/C26H28Cl2O2/c1-4-5-6-7-10-18-13-14-20(24(28)15-18)22-17-25(29-2)21(16-26(22)30-3)19-11-8-9-12-23(19)27/h8-9,11-17H,4-7,10H2,1-3H3. The van der Waals surface area contributed by atoms with Crippen LogP contribution in [0, 0.1) is 0 Å². The molecule has 158 valence electrons. The molecule has 0 saturated carbocycles. The Labute approximate surface area is 189 Å². The van der Waals surface area contributed by atoms with Gasteiger partial charge in [0, 0.05) is 32.3 Å². The van der Waals surface area contributed by atoms with Gasteiger partial charge in [-0.15, -0.1) is 0 Å². The summed E-state index contributed by atoms with van der Waals surface area (Å²) in [6, 6.07) is 17.9. The van der Waals surface area contributed by atoms with Crippen LogP contribution in [0.1, 0.15) is 38.2 Å². The molecule has 0 spiro atoms. The minimum atomic E-state index is 0.663. The molecule has 2 nitrogen and oxygen atoms in total. The van der Waals surface area contributed by atoms with Gasteiger partial charge < -0.3 is 9.47 Å². The molecule has 0 aliphatic carbocycles. The maximum atomic E-state index is 6.69. The van der Waals surface area contributed by atoms with Gasteiger partial charge in [0.05, 0.1) is 14.2 Å². The van der Waals surface area contributed by atoms with Crippen molar-refractivity contribution in [3.8, 4) is 33.8 Å². The number of aryl methyl sites for hydroxylation is 1. The number of benzene rings is 3. The van der Waals surface area contributed by atoms with E-state index in [1.165, 1.54) is 31.2 Å². The molecule has 0 aliphatic rings. The average molecular weight is 443 g/mol. The highest BCUT2D eigenvalue weighted by molar-refractivity contribution is 6.34. The Bertz CT molecular complexity index is 998. The summed E-state index contributed by atoms with van der Waals surface area (Å²) in [5.41, 5.74) is 4.86. The minimum Gasteiger partial charge on any atom is -0.496 e. The van der Waals surface area contributed by atoms with E-state index < -0.39 is 0 Å². The summed E-state index contributed by atoms with van der Waals surface area (Å²) >= 11 is 13.1. The molecule has 0 N–H and O–H groups in total. The van der Waals surface area contributed by atoms with E-state index >= 15 is 0 Å². The lowest BCUT2D eigenvalue weighted by Gasteiger charge is -2.17. The zero-order chi connectivity index (χ0) is 21.5. The van der Waals surface area contributed by atoms with Crippen LogP contribution in [0.4, 0.5) is 0 Å². The fraction of sp³-hybridized carbons (Fsp3) is 0.308. The highest BCUT2D eigenvalue weighted by Gasteiger charge is 2.17. The Morgan fingerprint density at radius 2 is 1.30 bits per heavy atom. The van der Waals surface area contributed by atoms with Crippen molar-refractivity contribution in [3.05, 3.63) is 70.2 Å². The normalized spacial score (nSPS) is 10.8. The molecule has 3 aromatic carbocycles. The van der Waals surface area contributed by atoms with Crippen molar-refractivity contribution in [2.24, 2.45) is 0 Å². The van der Waals surface area contributed by atoms with Crippen molar-refractivity contribution in [3.63, 3.8) is 0 Å². The van der Waals surface area contributed by atoms with E-state index in [9.17, 15) is 0 Å². The minimum absolute atomic E-state index is 0.663. The van der Waals surface area contributed by atoms with Crippen LogP contribution in [0.25, 0.3) is 22.3 Å². The monoisotopic (exact) mass is 442 g/mol. The molecule has 0 saturated heterocycles. The van der Waals surface area contributed by atoms with Crippen molar-refractivity contribution < 1.29 is 9.47 Å². The third kappa shape index (κ3) is 5.11. The Hall–Kier alpha value is -2.16. The van der Waals surface area contributed by atoms with Gasteiger partial charge in [-0.05, 0) is 42.7 Å². The van der Waals surface area contributed by atoms with Gasteiger partial charge >= 0.3 is 0 Å². The summed E-state index contributed by atoms with van der Waals surface area (Å²) in [7, 11) is 3.32. The molecular formula is C26H28Cl2O2. The zero-order valence-electron chi connectivity index (χ0n) is 17.8. The van der Waals surface area contributed by atoms with Gasteiger partial charge in [0.25, 0.3) is 0 Å². The first-order chi connectivity index (χ1) is 14.6. The number of rotatable bonds is 9. The highest BCUT2D eigenvalue weighted by Crippen LogP contribution is 2.44. The van der Waals surface area contributed by atoms with Crippen LogP contribution in [-0.2, 0) is 6.42 Å². The summed E-state index contributed by atoms with van der Waals surface area (Å²) < 4.78 is 11.4. The van der Waals surface area contributed by atoms with E-state index in [0.717, 1.165) is 40.2 Å². The predicted octanol–water partition coefficient (Wildman–Crippen LogP) is 8.47.